The molecule has 0 saturated carbocycles. The molecule has 0 fully saturated rings. The summed E-state index contributed by atoms with van der Waals surface area (Å²) in [5.41, 5.74) is 3.34. The Morgan fingerprint density at radius 1 is 1.24 bits per heavy atom. The SMILES string of the molecule is C/C(=N\S(=O)C(C)(C)C)c1ccc(-c2ccc(Br)cc2CN(C)C)s1. The van der Waals surface area contributed by atoms with Crippen LogP contribution in [0.5, 0.6) is 0 Å². The van der Waals surface area contributed by atoms with E-state index in [1.54, 1.807) is 11.3 Å². The number of thiophene rings is 1. The first kappa shape index (κ1) is 20.5. The Labute approximate surface area is 165 Å². The van der Waals surface area contributed by atoms with Crippen LogP contribution in [0.1, 0.15) is 38.1 Å². The summed E-state index contributed by atoms with van der Waals surface area (Å²) in [6.07, 6.45) is 0. The molecule has 1 aromatic carbocycles. The lowest BCUT2D eigenvalue weighted by atomic mass is 10.1. The van der Waals surface area contributed by atoms with Crippen molar-refractivity contribution in [2.24, 2.45) is 4.40 Å². The number of benzene rings is 1. The van der Waals surface area contributed by atoms with Gasteiger partial charge in [0.25, 0.3) is 0 Å². The molecule has 6 heteroatoms. The van der Waals surface area contributed by atoms with Crippen molar-refractivity contribution in [2.75, 3.05) is 14.1 Å². The van der Waals surface area contributed by atoms with Crippen LogP contribution in [0.3, 0.4) is 0 Å². The summed E-state index contributed by atoms with van der Waals surface area (Å²) in [4.78, 5) is 4.43. The summed E-state index contributed by atoms with van der Waals surface area (Å²) in [6.45, 7) is 8.63. The molecule has 1 atom stereocenters. The maximum atomic E-state index is 12.3. The van der Waals surface area contributed by atoms with E-state index < -0.39 is 11.0 Å². The normalized spacial score (nSPS) is 14.2. The van der Waals surface area contributed by atoms with Gasteiger partial charge in [-0.3, -0.25) is 0 Å². The van der Waals surface area contributed by atoms with E-state index >= 15 is 0 Å². The zero-order valence-corrected chi connectivity index (χ0v) is 18.8. The van der Waals surface area contributed by atoms with Gasteiger partial charge in [0.2, 0.25) is 0 Å². The van der Waals surface area contributed by atoms with Crippen molar-refractivity contribution >= 4 is 44.0 Å². The van der Waals surface area contributed by atoms with Crippen molar-refractivity contribution < 1.29 is 4.21 Å². The van der Waals surface area contributed by atoms with Crippen molar-refractivity contribution in [3.63, 3.8) is 0 Å². The van der Waals surface area contributed by atoms with Crippen LogP contribution in [0.2, 0.25) is 0 Å². The highest BCUT2D eigenvalue weighted by atomic mass is 79.9. The van der Waals surface area contributed by atoms with Gasteiger partial charge < -0.3 is 4.90 Å². The van der Waals surface area contributed by atoms with Gasteiger partial charge >= 0.3 is 0 Å². The molecule has 0 aliphatic rings. The van der Waals surface area contributed by atoms with Crippen LogP contribution in [-0.4, -0.2) is 33.7 Å². The van der Waals surface area contributed by atoms with Gasteiger partial charge in [-0.2, -0.15) is 4.40 Å². The third kappa shape index (κ3) is 5.58. The molecule has 0 aliphatic carbocycles. The van der Waals surface area contributed by atoms with Crippen molar-refractivity contribution in [3.05, 3.63) is 45.2 Å². The van der Waals surface area contributed by atoms with Crippen LogP contribution < -0.4 is 0 Å². The zero-order valence-electron chi connectivity index (χ0n) is 15.6. The van der Waals surface area contributed by atoms with Gasteiger partial charge in [-0.15, -0.1) is 11.3 Å². The number of rotatable bonds is 5. The fourth-order valence-electron chi connectivity index (χ4n) is 2.26. The van der Waals surface area contributed by atoms with Crippen molar-refractivity contribution in [2.45, 2.75) is 39.0 Å². The fourth-order valence-corrected chi connectivity index (χ4v) is 4.36. The Morgan fingerprint density at radius 3 is 2.52 bits per heavy atom. The molecule has 2 aromatic rings. The molecule has 1 unspecified atom stereocenters. The summed E-state index contributed by atoms with van der Waals surface area (Å²) in [6, 6.07) is 10.6. The van der Waals surface area contributed by atoms with E-state index in [9.17, 15) is 4.21 Å². The lowest BCUT2D eigenvalue weighted by molar-refractivity contribution is 0.403. The molecule has 0 spiro atoms. The summed E-state index contributed by atoms with van der Waals surface area (Å²) >= 11 is 5.26. The zero-order chi connectivity index (χ0) is 18.8. The second-order valence-electron chi connectivity index (χ2n) is 7.24. The summed E-state index contributed by atoms with van der Waals surface area (Å²) in [5.74, 6) is 0. The first-order chi connectivity index (χ1) is 11.6. The molecule has 3 nitrogen and oxygen atoms in total. The molecule has 136 valence electrons. The minimum absolute atomic E-state index is 0.341. The standard InChI is InChI=1S/C19H25BrN2OS2/c1-13(21-25(23)19(2,3)4)17-9-10-18(24-17)16-8-7-15(20)11-14(16)12-22(5)6/h7-11H,12H2,1-6H3/b21-13+. The highest BCUT2D eigenvalue weighted by Gasteiger charge is 2.19. The maximum Gasteiger partial charge on any atom is 0.145 e. The first-order valence-corrected chi connectivity index (χ1v) is 10.8. The number of nitrogens with zero attached hydrogens (tertiary/aromatic N) is 2. The third-order valence-corrected chi connectivity index (χ3v) is 6.73. The Kier molecular flexibility index (Phi) is 6.76. The van der Waals surface area contributed by atoms with E-state index in [0.717, 1.165) is 21.6 Å². The van der Waals surface area contributed by atoms with Crippen LogP contribution in [0.4, 0.5) is 0 Å². The van der Waals surface area contributed by atoms with E-state index in [1.807, 2.05) is 27.7 Å². The van der Waals surface area contributed by atoms with Crippen LogP contribution in [-0.2, 0) is 17.5 Å². The van der Waals surface area contributed by atoms with Gasteiger partial charge in [0.05, 0.1) is 10.5 Å². The van der Waals surface area contributed by atoms with Crippen LogP contribution >= 0.6 is 27.3 Å². The topological polar surface area (TPSA) is 32.7 Å². The van der Waals surface area contributed by atoms with Gasteiger partial charge in [0.15, 0.2) is 0 Å². The van der Waals surface area contributed by atoms with E-state index in [-0.39, 0.29) is 4.75 Å². The quantitative estimate of drug-likeness (QED) is 0.573. The van der Waals surface area contributed by atoms with E-state index in [1.165, 1.54) is 16.0 Å². The van der Waals surface area contributed by atoms with Crippen molar-refractivity contribution in [1.82, 2.24) is 4.90 Å². The second-order valence-corrected chi connectivity index (χ2v) is 11.1. The molecule has 25 heavy (non-hydrogen) atoms. The van der Waals surface area contributed by atoms with Gasteiger partial charge in [0.1, 0.15) is 11.0 Å². The largest absolute Gasteiger partial charge is 0.305 e. The van der Waals surface area contributed by atoms with E-state index in [0.29, 0.717) is 0 Å². The minimum Gasteiger partial charge on any atom is -0.305 e. The van der Waals surface area contributed by atoms with Crippen LogP contribution in [0.15, 0.2) is 39.2 Å². The van der Waals surface area contributed by atoms with E-state index in [4.69, 9.17) is 0 Å². The second kappa shape index (κ2) is 8.25. The smallest absolute Gasteiger partial charge is 0.145 e. The van der Waals surface area contributed by atoms with Gasteiger partial charge in [-0.25, -0.2) is 4.21 Å². The Balaban J connectivity index is 2.36. The van der Waals surface area contributed by atoms with E-state index in [2.05, 4.69) is 69.7 Å². The molecule has 0 amide bonds. The summed E-state index contributed by atoms with van der Waals surface area (Å²) in [7, 11) is 2.91. The minimum atomic E-state index is -1.24. The maximum absolute atomic E-state index is 12.3. The van der Waals surface area contributed by atoms with Crippen LogP contribution in [0.25, 0.3) is 10.4 Å². The molecular formula is C19H25BrN2OS2. The van der Waals surface area contributed by atoms with Gasteiger partial charge in [0, 0.05) is 20.8 Å². The molecule has 0 aliphatic heterocycles. The predicted molar refractivity (Wildman–Crippen MR) is 115 cm³/mol. The highest BCUT2D eigenvalue weighted by molar-refractivity contribution is 9.10. The molecule has 0 saturated heterocycles. The van der Waals surface area contributed by atoms with Crippen molar-refractivity contribution in [3.8, 4) is 10.4 Å². The molecule has 1 heterocycles. The summed E-state index contributed by atoms with van der Waals surface area (Å²) < 4.78 is 17.4. The van der Waals surface area contributed by atoms with Gasteiger partial charge in [-0.05, 0) is 77.2 Å². The third-order valence-electron chi connectivity index (χ3n) is 3.53. The van der Waals surface area contributed by atoms with Crippen molar-refractivity contribution in [1.29, 1.82) is 0 Å². The lowest BCUT2D eigenvalue weighted by Crippen LogP contribution is -2.20. The molecular weight excluding hydrogens is 416 g/mol. The molecule has 0 N–H and O–H groups in total. The van der Waals surface area contributed by atoms with Crippen LogP contribution in [0, 0.1) is 0 Å². The number of hydrogen-bond acceptors (Lipinski definition) is 3. The Hall–Kier alpha value is -0.820. The Morgan fingerprint density at radius 2 is 1.92 bits per heavy atom. The molecule has 0 bridgehead atoms. The monoisotopic (exact) mass is 440 g/mol. The fraction of sp³-hybridized carbons (Fsp3) is 0.421. The number of hydrogen-bond donors (Lipinski definition) is 0. The molecule has 1 aromatic heterocycles. The summed E-state index contributed by atoms with van der Waals surface area (Å²) in [5, 5.41) is 0. The first-order valence-electron chi connectivity index (χ1n) is 8.09. The average Bonchev–Trinajstić information content (AvgIpc) is 2.95. The predicted octanol–water partition coefficient (Wildman–Crippen LogP) is 5.51. The highest BCUT2D eigenvalue weighted by Crippen LogP contribution is 2.33. The number of halogens is 1. The Bertz CT molecular complexity index is 804. The average molecular weight is 441 g/mol. The van der Waals surface area contributed by atoms with Gasteiger partial charge in [-0.1, -0.05) is 22.0 Å². The lowest BCUT2D eigenvalue weighted by Gasteiger charge is -2.14. The molecule has 2 rings (SSSR count). The molecule has 0 radical (unpaired) electrons.